The van der Waals surface area contributed by atoms with Crippen LogP contribution in [0.25, 0.3) is 0 Å². The molecule has 2 amide bonds. The molecule has 3 saturated heterocycles. The van der Waals surface area contributed by atoms with Crippen LogP contribution in [0.15, 0.2) is 0 Å². The predicted molar refractivity (Wildman–Crippen MR) is 93.3 cm³/mol. The van der Waals surface area contributed by atoms with Crippen LogP contribution in [-0.2, 0) is 38.0 Å². The third-order valence-corrected chi connectivity index (χ3v) is 4.74. The van der Waals surface area contributed by atoms with Crippen molar-refractivity contribution in [3.8, 4) is 0 Å². The Labute approximate surface area is 163 Å². The Kier molecular flexibility index (Phi) is 5.97. The number of carbonyl (C=O) groups excluding carboxylic acids is 2. The van der Waals surface area contributed by atoms with Gasteiger partial charge in [0.05, 0.1) is 6.61 Å². The fourth-order valence-corrected chi connectivity index (χ4v) is 3.53. The molecule has 0 aromatic heterocycles. The van der Waals surface area contributed by atoms with Crippen LogP contribution in [0.5, 0.6) is 0 Å². The molecule has 4 N–H and O–H groups in total. The first-order valence-corrected chi connectivity index (χ1v) is 9.25. The number of hydrogen-bond acceptors (Lipinski definition) is 9. The monoisotopic (exact) mass is 403 g/mol. The molecule has 3 rings (SSSR count). The molecule has 0 saturated carbocycles. The molecule has 0 unspecified atom stereocenters. The lowest BCUT2D eigenvalue weighted by Crippen LogP contribution is -2.48. The summed E-state index contributed by atoms with van der Waals surface area (Å²) in [6, 6.07) is -0.789. The SMILES string of the molecule is C[C@@H](NC(=O)CO[C@H]1O[C@H]([C@H]2COC(C)(C)O2)[C@@H]2OC(C)(C)O[C@H]12)C(=O)NN. The van der Waals surface area contributed by atoms with Crippen molar-refractivity contribution in [2.24, 2.45) is 5.84 Å². The van der Waals surface area contributed by atoms with Gasteiger partial charge in [0.2, 0.25) is 5.91 Å². The molecule has 6 atom stereocenters. The molecule has 3 heterocycles. The second-order valence-corrected chi connectivity index (χ2v) is 8.01. The van der Waals surface area contributed by atoms with Gasteiger partial charge in [-0.2, -0.15) is 0 Å². The highest BCUT2D eigenvalue weighted by atomic mass is 16.8. The quantitative estimate of drug-likeness (QED) is 0.286. The first kappa shape index (κ1) is 21.4. The number of rotatable bonds is 6. The molecule has 28 heavy (non-hydrogen) atoms. The highest BCUT2D eigenvalue weighted by Gasteiger charge is 2.59. The van der Waals surface area contributed by atoms with Crippen LogP contribution in [0.1, 0.15) is 34.6 Å². The van der Waals surface area contributed by atoms with Gasteiger partial charge in [-0.25, -0.2) is 5.84 Å². The Bertz CT molecular complexity index is 613. The molecule has 0 spiro atoms. The zero-order valence-corrected chi connectivity index (χ0v) is 16.7. The van der Waals surface area contributed by atoms with E-state index in [1.165, 1.54) is 6.92 Å². The summed E-state index contributed by atoms with van der Waals surface area (Å²) in [4.78, 5) is 23.4. The van der Waals surface area contributed by atoms with Crippen molar-refractivity contribution in [2.45, 2.75) is 82.9 Å². The van der Waals surface area contributed by atoms with E-state index in [2.05, 4.69) is 5.32 Å². The lowest BCUT2D eigenvalue weighted by molar-refractivity contribution is -0.246. The summed E-state index contributed by atoms with van der Waals surface area (Å²) in [7, 11) is 0. The summed E-state index contributed by atoms with van der Waals surface area (Å²) in [6.07, 6.45) is -2.59. The van der Waals surface area contributed by atoms with E-state index in [0.29, 0.717) is 6.61 Å². The number of carbonyl (C=O) groups is 2. The number of nitrogens with two attached hydrogens (primary N) is 1. The van der Waals surface area contributed by atoms with Crippen LogP contribution < -0.4 is 16.6 Å². The molecule has 0 aromatic rings. The van der Waals surface area contributed by atoms with Crippen LogP contribution in [0.3, 0.4) is 0 Å². The molecule has 160 valence electrons. The maximum Gasteiger partial charge on any atom is 0.256 e. The number of fused-ring (bicyclic) bond motifs is 1. The Hall–Kier alpha value is -1.34. The molecule has 11 heteroatoms. The van der Waals surface area contributed by atoms with Crippen molar-refractivity contribution in [1.29, 1.82) is 0 Å². The van der Waals surface area contributed by atoms with E-state index in [4.69, 9.17) is 34.3 Å². The molecular weight excluding hydrogens is 374 g/mol. The van der Waals surface area contributed by atoms with E-state index in [0.717, 1.165) is 0 Å². The lowest BCUT2D eigenvalue weighted by Gasteiger charge is -2.26. The summed E-state index contributed by atoms with van der Waals surface area (Å²) in [5.41, 5.74) is 1.97. The van der Waals surface area contributed by atoms with Crippen LogP contribution in [-0.4, -0.2) is 73.4 Å². The van der Waals surface area contributed by atoms with E-state index in [1.807, 2.05) is 19.3 Å². The van der Waals surface area contributed by atoms with Gasteiger partial charge < -0.3 is 33.7 Å². The molecule has 3 aliphatic heterocycles. The topological polar surface area (TPSA) is 140 Å². The second kappa shape index (κ2) is 7.82. The minimum atomic E-state index is -0.825. The van der Waals surface area contributed by atoms with Gasteiger partial charge in [0.1, 0.15) is 37.1 Å². The van der Waals surface area contributed by atoms with Crippen molar-refractivity contribution in [3.05, 3.63) is 0 Å². The largest absolute Gasteiger partial charge is 0.348 e. The van der Waals surface area contributed by atoms with E-state index in [-0.39, 0.29) is 12.7 Å². The van der Waals surface area contributed by atoms with Gasteiger partial charge in [0.25, 0.3) is 5.91 Å². The van der Waals surface area contributed by atoms with Crippen LogP contribution in [0.4, 0.5) is 0 Å². The minimum absolute atomic E-state index is 0.319. The maximum absolute atomic E-state index is 12.0. The number of hydrogen-bond donors (Lipinski definition) is 3. The van der Waals surface area contributed by atoms with Gasteiger partial charge in [-0.15, -0.1) is 0 Å². The smallest absolute Gasteiger partial charge is 0.256 e. The molecule has 3 fully saturated rings. The first-order chi connectivity index (χ1) is 13.0. The Morgan fingerprint density at radius 2 is 1.79 bits per heavy atom. The van der Waals surface area contributed by atoms with Crippen LogP contribution >= 0.6 is 0 Å². The standard InChI is InChI=1S/C17H29N3O8/c1-8(14(22)20-18)19-10(21)7-23-15-13-12(27-17(4,5)28-13)11(25-15)9-6-24-16(2,3)26-9/h8-9,11-13,15H,6-7,18H2,1-5H3,(H,19,21)(H,20,22)/t8-,9-,11-,12+,13+,15+/m1/s1. The number of amides is 2. The van der Waals surface area contributed by atoms with Gasteiger partial charge >= 0.3 is 0 Å². The zero-order valence-electron chi connectivity index (χ0n) is 16.7. The second-order valence-electron chi connectivity index (χ2n) is 8.01. The fraction of sp³-hybridized carbons (Fsp3) is 0.882. The van der Waals surface area contributed by atoms with Gasteiger partial charge in [-0.3, -0.25) is 15.0 Å². The van der Waals surface area contributed by atoms with Crippen LogP contribution in [0.2, 0.25) is 0 Å². The van der Waals surface area contributed by atoms with E-state index >= 15 is 0 Å². The Balaban J connectivity index is 1.60. The van der Waals surface area contributed by atoms with Crippen molar-refractivity contribution >= 4 is 11.8 Å². The summed E-state index contributed by atoms with van der Waals surface area (Å²) < 4.78 is 35.0. The summed E-state index contributed by atoms with van der Waals surface area (Å²) in [5, 5.41) is 2.48. The third-order valence-electron chi connectivity index (χ3n) is 4.74. The Morgan fingerprint density at radius 1 is 1.11 bits per heavy atom. The minimum Gasteiger partial charge on any atom is -0.348 e. The molecule has 11 nitrogen and oxygen atoms in total. The van der Waals surface area contributed by atoms with Crippen molar-refractivity contribution in [3.63, 3.8) is 0 Å². The molecule has 0 aromatic carbocycles. The average molecular weight is 403 g/mol. The third kappa shape index (κ3) is 4.62. The van der Waals surface area contributed by atoms with Crippen molar-refractivity contribution in [1.82, 2.24) is 10.7 Å². The lowest BCUT2D eigenvalue weighted by atomic mass is 10.1. The highest BCUT2D eigenvalue weighted by molar-refractivity contribution is 5.87. The number of nitrogens with one attached hydrogen (secondary N) is 2. The zero-order chi connectivity index (χ0) is 20.7. The molecule has 0 bridgehead atoms. The first-order valence-electron chi connectivity index (χ1n) is 9.25. The predicted octanol–water partition coefficient (Wildman–Crippen LogP) is -1.11. The molecule has 0 radical (unpaired) electrons. The van der Waals surface area contributed by atoms with Gasteiger partial charge in [0, 0.05) is 0 Å². The Morgan fingerprint density at radius 3 is 2.39 bits per heavy atom. The molecule has 0 aliphatic carbocycles. The van der Waals surface area contributed by atoms with E-state index < -0.39 is 54.0 Å². The van der Waals surface area contributed by atoms with E-state index in [9.17, 15) is 9.59 Å². The number of hydrazine groups is 1. The number of ether oxygens (including phenoxy) is 6. The van der Waals surface area contributed by atoms with Crippen LogP contribution in [0, 0.1) is 0 Å². The van der Waals surface area contributed by atoms with Gasteiger partial charge in [0.15, 0.2) is 17.9 Å². The summed E-state index contributed by atoms with van der Waals surface area (Å²) in [5.74, 6) is 2.52. The normalized spacial score (nSPS) is 36.7. The highest BCUT2D eigenvalue weighted by Crippen LogP contribution is 2.42. The summed E-state index contributed by atoms with van der Waals surface area (Å²) >= 11 is 0. The maximum atomic E-state index is 12.0. The molecular formula is C17H29N3O8. The average Bonchev–Trinajstić information content (AvgIpc) is 3.22. The summed E-state index contributed by atoms with van der Waals surface area (Å²) in [6.45, 7) is 8.79. The van der Waals surface area contributed by atoms with Gasteiger partial charge in [-0.05, 0) is 34.6 Å². The molecule has 3 aliphatic rings. The van der Waals surface area contributed by atoms with Crippen molar-refractivity contribution < 1.29 is 38.0 Å². The fourth-order valence-electron chi connectivity index (χ4n) is 3.53. The van der Waals surface area contributed by atoms with Gasteiger partial charge in [-0.1, -0.05) is 0 Å². The van der Waals surface area contributed by atoms with E-state index in [1.54, 1.807) is 13.8 Å². The van der Waals surface area contributed by atoms with Crippen molar-refractivity contribution in [2.75, 3.05) is 13.2 Å².